The van der Waals surface area contributed by atoms with Gasteiger partial charge in [0.25, 0.3) is 0 Å². The Labute approximate surface area is 140 Å². The minimum Gasteiger partial charge on any atom is -0.493 e. The Morgan fingerprint density at radius 1 is 1.08 bits per heavy atom. The molecular formula is C16H23NO7. The number of rotatable bonds is 10. The van der Waals surface area contributed by atoms with Crippen LogP contribution < -0.4 is 19.1 Å². The Bertz CT molecular complexity index is 549. The highest BCUT2D eigenvalue weighted by Gasteiger charge is 2.19. The summed E-state index contributed by atoms with van der Waals surface area (Å²) in [6.45, 7) is 1.90. The molecule has 0 aromatic heterocycles. The number of benzene rings is 1. The summed E-state index contributed by atoms with van der Waals surface area (Å²) in [4.78, 5) is 24.2. The molecule has 1 N–H and O–H groups in total. The molecule has 0 atom stereocenters. The van der Waals surface area contributed by atoms with Gasteiger partial charge in [-0.2, -0.15) is 0 Å². The molecule has 0 saturated carbocycles. The number of carboxylic acids is 1. The Balaban J connectivity index is 3.12. The zero-order chi connectivity index (χ0) is 18.1. The SMILES string of the molecule is CCOC(=O)CCN(CC(=O)O)c1cc(OC)c(OC)c(OC)c1. The molecule has 0 aliphatic carbocycles. The van der Waals surface area contributed by atoms with E-state index in [2.05, 4.69) is 0 Å². The standard InChI is InChI=1S/C16H23NO7/c1-5-24-15(20)6-7-17(10-14(18)19)11-8-12(21-2)16(23-4)13(9-11)22-3/h8-9H,5-7,10H2,1-4H3,(H,18,19). The molecule has 0 saturated heterocycles. The maximum Gasteiger partial charge on any atom is 0.323 e. The Morgan fingerprint density at radius 2 is 1.67 bits per heavy atom. The molecule has 0 fully saturated rings. The molecule has 0 spiro atoms. The molecule has 0 amide bonds. The molecule has 0 unspecified atom stereocenters. The topological polar surface area (TPSA) is 94.5 Å². The highest BCUT2D eigenvalue weighted by atomic mass is 16.5. The van der Waals surface area contributed by atoms with Crippen molar-refractivity contribution in [2.75, 3.05) is 45.9 Å². The molecule has 8 heteroatoms. The average Bonchev–Trinajstić information content (AvgIpc) is 2.57. The van der Waals surface area contributed by atoms with E-state index in [9.17, 15) is 9.59 Å². The lowest BCUT2D eigenvalue weighted by Gasteiger charge is -2.24. The summed E-state index contributed by atoms with van der Waals surface area (Å²) in [5.74, 6) is -0.200. The summed E-state index contributed by atoms with van der Waals surface area (Å²) in [7, 11) is 4.43. The van der Waals surface area contributed by atoms with Crippen LogP contribution in [-0.4, -0.2) is 58.1 Å². The monoisotopic (exact) mass is 341 g/mol. The van der Waals surface area contributed by atoms with Crippen molar-refractivity contribution in [2.45, 2.75) is 13.3 Å². The third-order valence-electron chi connectivity index (χ3n) is 3.23. The van der Waals surface area contributed by atoms with Crippen molar-refractivity contribution >= 4 is 17.6 Å². The number of esters is 1. The highest BCUT2D eigenvalue weighted by molar-refractivity contribution is 5.76. The van der Waals surface area contributed by atoms with Crippen LogP contribution in [0.5, 0.6) is 17.2 Å². The number of methoxy groups -OCH3 is 3. The van der Waals surface area contributed by atoms with Gasteiger partial charge in [0.15, 0.2) is 11.5 Å². The number of anilines is 1. The van der Waals surface area contributed by atoms with E-state index in [4.69, 9.17) is 24.1 Å². The van der Waals surface area contributed by atoms with Crippen molar-refractivity contribution in [2.24, 2.45) is 0 Å². The second-order valence-electron chi connectivity index (χ2n) is 4.75. The fraction of sp³-hybridized carbons (Fsp3) is 0.500. The van der Waals surface area contributed by atoms with Crippen molar-refractivity contribution in [3.8, 4) is 17.2 Å². The summed E-state index contributed by atoms with van der Waals surface area (Å²) in [5, 5.41) is 9.12. The van der Waals surface area contributed by atoms with Crippen molar-refractivity contribution < 1.29 is 33.6 Å². The number of aliphatic carboxylic acids is 1. The van der Waals surface area contributed by atoms with Crippen LogP contribution in [0.15, 0.2) is 12.1 Å². The van der Waals surface area contributed by atoms with Gasteiger partial charge in [0, 0.05) is 24.4 Å². The van der Waals surface area contributed by atoms with Gasteiger partial charge in [0.1, 0.15) is 6.54 Å². The number of carbonyl (C=O) groups excluding carboxylic acids is 1. The lowest BCUT2D eigenvalue weighted by molar-refractivity contribution is -0.143. The van der Waals surface area contributed by atoms with Crippen molar-refractivity contribution in [1.82, 2.24) is 0 Å². The maximum absolute atomic E-state index is 11.5. The molecular weight excluding hydrogens is 318 g/mol. The van der Waals surface area contributed by atoms with Crippen molar-refractivity contribution in [3.63, 3.8) is 0 Å². The average molecular weight is 341 g/mol. The third kappa shape index (κ3) is 5.22. The summed E-state index contributed by atoms with van der Waals surface area (Å²) in [6.07, 6.45) is 0.0672. The molecule has 1 aromatic carbocycles. The number of hydrogen-bond donors (Lipinski definition) is 1. The van der Waals surface area contributed by atoms with Crippen LogP contribution in [0.3, 0.4) is 0 Å². The van der Waals surface area contributed by atoms with E-state index in [1.165, 1.54) is 26.2 Å². The summed E-state index contributed by atoms with van der Waals surface area (Å²) < 4.78 is 20.7. The zero-order valence-electron chi connectivity index (χ0n) is 14.3. The van der Waals surface area contributed by atoms with Gasteiger partial charge in [-0.1, -0.05) is 0 Å². The molecule has 0 heterocycles. The molecule has 8 nitrogen and oxygen atoms in total. The van der Waals surface area contributed by atoms with Crippen LogP contribution >= 0.6 is 0 Å². The van der Waals surface area contributed by atoms with Crippen LogP contribution in [0.2, 0.25) is 0 Å². The van der Waals surface area contributed by atoms with E-state index in [-0.39, 0.29) is 32.1 Å². The number of carboxylic acid groups (broad SMARTS) is 1. The van der Waals surface area contributed by atoms with Crippen molar-refractivity contribution in [1.29, 1.82) is 0 Å². The molecule has 24 heavy (non-hydrogen) atoms. The molecule has 1 rings (SSSR count). The van der Waals surface area contributed by atoms with E-state index in [1.807, 2.05) is 0 Å². The first kappa shape index (κ1) is 19.4. The molecule has 1 aromatic rings. The Hall–Kier alpha value is -2.64. The van der Waals surface area contributed by atoms with Gasteiger partial charge in [0.2, 0.25) is 5.75 Å². The Kier molecular flexibility index (Phi) is 7.67. The van der Waals surface area contributed by atoms with Crippen LogP contribution in [0, 0.1) is 0 Å². The third-order valence-corrected chi connectivity index (χ3v) is 3.23. The quantitative estimate of drug-likeness (QED) is 0.641. The number of ether oxygens (including phenoxy) is 4. The van der Waals surface area contributed by atoms with Crippen LogP contribution in [0.4, 0.5) is 5.69 Å². The summed E-state index contributed by atoms with van der Waals surface area (Å²) in [6, 6.07) is 3.27. The van der Waals surface area contributed by atoms with Gasteiger partial charge in [-0.15, -0.1) is 0 Å². The first-order valence-corrected chi connectivity index (χ1v) is 7.39. The Morgan fingerprint density at radius 3 is 2.08 bits per heavy atom. The van der Waals surface area contributed by atoms with E-state index >= 15 is 0 Å². The predicted molar refractivity (Wildman–Crippen MR) is 87.2 cm³/mol. The second-order valence-corrected chi connectivity index (χ2v) is 4.75. The van der Waals surface area contributed by atoms with Gasteiger partial charge in [-0.05, 0) is 6.92 Å². The van der Waals surface area contributed by atoms with E-state index in [0.29, 0.717) is 22.9 Å². The smallest absolute Gasteiger partial charge is 0.323 e. The largest absolute Gasteiger partial charge is 0.493 e. The first-order valence-electron chi connectivity index (χ1n) is 7.39. The van der Waals surface area contributed by atoms with E-state index in [0.717, 1.165) is 0 Å². The number of nitrogens with zero attached hydrogens (tertiary/aromatic N) is 1. The summed E-state index contributed by atoms with van der Waals surface area (Å²) in [5.41, 5.74) is 0.538. The minimum absolute atomic E-state index is 0.0672. The molecule has 134 valence electrons. The summed E-state index contributed by atoms with van der Waals surface area (Å²) >= 11 is 0. The van der Waals surface area contributed by atoms with Gasteiger partial charge in [-0.3, -0.25) is 9.59 Å². The fourth-order valence-corrected chi connectivity index (χ4v) is 2.17. The van der Waals surface area contributed by atoms with Gasteiger partial charge in [0.05, 0.1) is 34.4 Å². The van der Waals surface area contributed by atoms with Gasteiger partial charge < -0.3 is 29.0 Å². The second kappa shape index (κ2) is 9.49. The molecule has 0 bridgehead atoms. The van der Waals surface area contributed by atoms with Gasteiger partial charge >= 0.3 is 11.9 Å². The maximum atomic E-state index is 11.5. The van der Waals surface area contributed by atoms with Crippen LogP contribution in [-0.2, 0) is 14.3 Å². The van der Waals surface area contributed by atoms with Crippen LogP contribution in [0.25, 0.3) is 0 Å². The zero-order valence-corrected chi connectivity index (χ0v) is 14.3. The number of carbonyl (C=O) groups is 2. The first-order chi connectivity index (χ1) is 11.5. The van der Waals surface area contributed by atoms with E-state index in [1.54, 1.807) is 19.1 Å². The number of hydrogen-bond acceptors (Lipinski definition) is 7. The lowest BCUT2D eigenvalue weighted by Crippen LogP contribution is -2.32. The molecule has 0 radical (unpaired) electrons. The normalized spacial score (nSPS) is 10.0. The van der Waals surface area contributed by atoms with Crippen molar-refractivity contribution in [3.05, 3.63) is 12.1 Å². The van der Waals surface area contributed by atoms with E-state index < -0.39 is 5.97 Å². The van der Waals surface area contributed by atoms with Gasteiger partial charge in [-0.25, -0.2) is 0 Å². The lowest BCUT2D eigenvalue weighted by atomic mass is 10.2. The predicted octanol–water partition coefficient (Wildman–Crippen LogP) is 1.56. The highest BCUT2D eigenvalue weighted by Crippen LogP contribution is 2.41. The molecule has 0 aliphatic heterocycles. The fourth-order valence-electron chi connectivity index (χ4n) is 2.17. The molecule has 0 aliphatic rings. The minimum atomic E-state index is -1.02. The van der Waals surface area contributed by atoms with Crippen LogP contribution in [0.1, 0.15) is 13.3 Å².